The number of pyridine rings is 1. The first-order valence-electron chi connectivity index (χ1n) is 7.77. The second kappa shape index (κ2) is 7.56. The third-order valence-corrected chi connectivity index (χ3v) is 3.78. The standard InChI is InChI=1S/C17H15F6N3O2/c1-10-7-8-24-13(9-10)25-15(16(18,19)20,17(21,22)23)26-14(27)11-5-3-4-6-12(11)28-2/h3-9H,1-2H3,(H,24,25)(H,26,27)/p+1. The van der Waals surface area contributed by atoms with Crippen LogP contribution in [-0.4, -0.2) is 31.0 Å². The fraction of sp³-hybridized carbons (Fsp3) is 0.294. The van der Waals surface area contributed by atoms with Crippen LogP contribution in [0.3, 0.4) is 0 Å². The van der Waals surface area contributed by atoms with Crippen LogP contribution in [0.2, 0.25) is 0 Å². The van der Waals surface area contributed by atoms with Crippen molar-refractivity contribution in [2.45, 2.75) is 24.9 Å². The molecule has 0 fully saturated rings. The molecule has 0 saturated heterocycles. The molecule has 3 N–H and O–H groups in total. The van der Waals surface area contributed by atoms with Crippen LogP contribution < -0.4 is 20.4 Å². The van der Waals surface area contributed by atoms with Crippen LogP contribution in [0.1, 0.15) is 15.9 Å². The molecule has 1 aromatic heterocycles. The van der Waals surface area contributed by atoms with E-state index in [2.05, 4.69) is 4.98 Å². The number of ether oxygens (including phenoxy) is 1. The molecule has 2 aromatic rings. The zero-order valence-corrected chi connectivity index (χ0v) is 14.6. The van der Waals surface area contributed by atoms with Gasteiger partial charge in [-0.2, -0.15) is 26.3 Å². The molecule has 0 atom stereocenters. The first-order chi connectivity index (χ1) is 12.9. The number of carbonyl (C=O) groups is 1. The van der Waals surface area contributed by atoms with Crippen molar-refractivity contribution < 1.29 is 40.9 Å². The lowest BCUT2D eigenvalue weighted by Gasteiger charge is -2.34. The van der Waals surface area contributed by atoms with Crippen LogP contribution in [0, 0.1) is 6.92 Å². The molecule has 0 saturated carbocycles. The van der Waals surface area contributed by atoms with Crippen molar-refractivity contribution in [3.8, 4) is 5.75 Å². The molecular weight excluding hydrogens is 392 g/mol. The van der Waals surface area contributed by atoms with E-state index in [1.807, 2.05) is 0 Å². The Balaban J connectivity index is 2.56. The molecule has 0 aliphatic carbocycles. The van der Waals surface area contributed by atoms with E-state index in [-0.39, 0.29) is 5.75 Å². The number of anilines is 1. The molecule has 11 heteroatoms. The Bertz CT molecular complexity index is 837. The quantitative estimate of drug-likeness (QED) is 0.588. The lowest BCUT2D eigenvalue weighted by Crippen LogP contribution is -2.72. The highest BCUT2D eigenvalue weighted by atomic mass is 19.4. The van der Waals surface area contributed by atoms with Crippen molar-refractivity contribution in [1.82, 2.24) is 5.32 Å². The fourth-order valence-corrected chi connectivity index (χ4v) is 2.40. The molecule has 0 aliphatic rings. The highest BCUT2D eigenvalue weighted by molar-refractivity contribution is 5.97. The summed E-state index contributed by atoms with van der Waals surface area (Å²) in [4.78, 5) is 14.6. The number of halogens is 6. The number of aromatic nitrogens is 1. The number of para-hydroxylation sites is 1. The SMILES string of the molecule is COc1ccccc1C(=O)NC(Nc1cc(C)cc[nH+]1)(C(F)(F)F)C(F)(F)F. The van der Waals surface area contributed by atoms with Crippen molar-refractivity contribution in [2.24, 2.45) is 0 Å². The first-order valence-corrected chi connectivity index (χ1v) is 7.77. The van der Waals surface area contributed by atoms with E-state index in [1.165, 1.54) is 36.5 Å². The van der Waals surface area contributed by atoms with Crippen LogP contribution in [0.5, 0.6) is 5.75 Å². The molecular formula is C17H16F6N3O2+. The summed E-state index contributed by atoms with van der Waals surface area (Å²) in [6.45, 7) is 1.48. The molecule has 1 heterocycles. The third kappa shape index (κ3) is 4.12. The van der Waals surface area contributed by atoms with E-state index in [1.54, 1.807) is 0 Å². The van der Waals surface area contributed by atoms with Gasteiger partial charge >= 0.3 is 18.0 Å². The normalized spacial score (nSPS) is 12.4. The maximum atomic E-state index is 13.7. The van der Waals surface area contributed by atoms with Crippen LogP contribution in [0.25, 0.3) is 0 Å². The van der Waals surface area contributed by atoms with Crippen molar-refractivity contribution >= 4 is 11.7 Å². The summed E-state index contributed by atoms with van der Waals surface area (Å²) in [7, 11) is 1.13. The van der Waals surface area contributed by atoms with Crippen LogP contribution in [0.15, 0.2) is 42.6 Å². The van der Waals surface area contributed by atoms with Crippen molar-refractivity contribution in [1.29, 1.82) is 0 Å². The van der Waals surface area contributed by atoms with Gasteiger partial charge in [0.2, 0.25) is 0 Å². The van der Waals surface area contributed by atoms with E-state index in [0.717, 1.165) is 30.8 Å². The number of amides is 1. The van der Waals surface area contributed by atoms with Gasteiger partial charge in [0, 0.05) is 6.07 Å². The molecule has 28 heavy (non-hydrogen) atoms. The molecule has 0 aliphatic heterocycles. The summed E-state index contributed by atoms with van der Waals surface area (Å²) < 4.78 is 86.9. The number of aromatic amines is 1. The summed E-state index contributed by atoms with van der Waals surface area (Å²) in [5.41, 5.74) is -4.84. The number of H-pyrrole nitrogens is 1. The van der Waals surface area contributed by atoms with Crippen LogP contribution >= 0.6 is 0 Å². The van der Waals surface area contributed by atoms with E-state index >= 15 is 0 Å². The maximum absolute atomic E-state index is 13.7. The number of rotatable bonds is 5. The molecule has 0 spiro atoms. The van der Waals surface area contributed by atoms with Gasteiger partial charge in [0.25, 0.3) is 11.7 Å². The van der Waals surface area contributed by atoms with Gasteiger partial charge in [0.1, 0.15) is 5.75 Å². The number of hydrogen-bond acceptors (Lipinski definition) is 3. The second-order valence-corrected chi connectivity index (χ2v) is 5.80. The summed E-state index contributed by atoms with van der Waals surface area (Å²) in [6, 6.07) is 7.46. The Morgan fingerprint density at radius 2 is 1.64 bits per heavy atom. The largest absolute Gasteiger partial charge is 0.496 e. The van der Waals surface area contributed by atoms with Crippen LogP contribution in [0.4, 0.5) is 32.2 Å². The second-order valence-electron chi connectivity index (χ2n) is 5.80. The average molecular weight is 408 g/mol. The molecule has 2 rings (SSSR count). The van der Waals surface area contributed by atoms with Gasteiger partial charge in [-0.05, 0) is 30.7 Å². The van der Waals surface area contributed by atoms with Gasteiger partial charge < -0.3 is 4.74 Å². The summed E-state index contributed by atoms with van der Waals surface area (Å²) in [5, 5.41) is 2.44. The van der Waals surface area contributed by atoms with Crippen molar-refractivity contribution in [2.75, 3.05) is 12.4 Å². The summed E-state index contributed by atoms with van der Waals surface area (Å²) in [5.74, 6) is -2.39. The number of carbonyl (C=O) groups excluding carboxylic acids is 1. The maximum Gasteiger partial charge on any atom is 0.462 e. The zero-order valence-electron chi connectivity index (χ0n) is 14.6. The lowest BCUT2D eigenvalue weighted by molar-refractivity contribution is -0.367. The number of alkyl halides is 6. The van der Waals surface area contributed by atoms with Gasteiger partial charge in [-0.15, -0.1) is 0 Å². The highest BCUT2D eigenvalue weighted by Gasteiger charge is 2.76. The van der Waals surface area contributed by atoms with Gasteiger partial charge in [-0.25, -0.2) is 10.3 Å². The number of nitrogens with one attached hydrogen (secondary N) is 3. The van der Waals surface area contributed by atoms with Crippen molar-refractivity contribution in [3.05, 3.63) is 53.7 Å². The number of hydrogen-bond donors (Lipinski definition) is 2. The Kier molecular flexibility index (Phi) is 5.76. The average Bonchev–Trinajstić information content (AvgIpc) is 2.59. The number of methoxy groups -OCH3 is 1. The molecule has 5 nitrogen and oxygen atoms in total. The minimum Gasteiger partial charge on any atom is -0.496 e. The van der Waals surface area contributed by atoms with Gasteiger partial charge in [0.15, 0.2) is 0 Å². The first kappa shape index (κ1) is 21.3. The van der Waals surface area contributed by atoms with E-state index in [9.17, 15) is 31.1 Å². The molecule has 0 bridgehead atoms. The van der Waals surface area contributed by atoms with Gasteiger partial charge in [-0.3, -0.25) is 10.1 Å². The molecule has 0 radical (unpaired) electrons. The smallest absolute Gasteiger partial charge is 0.462 e. The predicted molar refractivity (Wildman–Crippen MR) is 86.7 cm³/mol. The molecule has 152 valence electrons. The van der Waals surface area contributed by atoms with E-state index in [0.29, 0.717) is 5.56 Å². The molecule has 1 amide bonds. The topological polar surface area (TPSA) is 64.5 Å². The predicted octanol–water partition coefficient (Wildman–Crippen LogP) is 3.48. The zero-order chi connectivity index (χ0) is 21.2. The summed E-state index contributed by atoms with van der Waals surface area (Å²) >= 11 is 0. The summed E-state index contributed by atoms with van der Waals surface area (Å²) in [6.07, 6.45) is -10.7. The lowest BCUT2D eigenvalue weighted by atomic mass is 10.1. The Labute approximate surface area is 155 Å². The van der Waals surface area contributed by atoms with E-state index in [4.69, 9.17) is 4.74 Å². The monoisotopic (exact) mass is 408 g/mol. The molecule has 0 unspecified atom stereocenters. The number of aryl methyl sites for hydroxylation is 1. The fourth-order valence-electron chi connectivity index (χ4n) is 2.40. The Hall–Kier alpha value is -2.98. The molecule has 1 aromatic carbocycles. The number of benzene rings is 1. The highest BCUT2D eigenvalue weighted by Crippen LogP contribution is 2.43. The van der Waals surface area contributed by atoms with E-state index < -0.39 is 35.3 Å². The minimum absolute atomic E-state index is 0.180. The van der Waals surface area contributed by atoms with Gasteiger partial charge in [0.05, 0.1) is 18.9 Å². The minimum atomic E-state index is -5.93. The van der Waals surface area contributed by atoms with Crippen molar-refractivity contribution in [3.63, 3.8) is 0 Å². The Morgan fingerprint density at radius 1 is 1.04 bits per heavy atom. The van der Waals surface area contributed by atoms with Gasteiger partial charge in [-0.1, -0.05) is 12.1 Å². The third-order valence-electron chi connectivity index (χ3n) is 3.78. The van der Waals surface area contributed by atoms with Crippen LogP contribution in [-0.2, 0) is 0 Å². The Morgan fingerprint density at radius 3 is 2.18 bits per heavy atom.